The highest BCUT2D eigenvalue weighted by Crippen LogP contribution is 2.16. The monoisotopic (exact) mass is 444 g/mol. The van der Waals surface area contributed by atoms with Gasteiger partial charge in [0.2, 0.25) is 0 Å². The number of carbonyl (C=O) groups excluding carboxylic acids is 3. The van der Waals surface area contributed by atoms with Crippen molar-refractivity contribution in [1.29, 1.82) is 0 Å². The summed E-state index contributed by atoms with van der Waals surface area (Å²) in [6.45, 7) is 3.44. The van der Waals surface area contributed by atoms with E-state index in [1.54, 1.807) is 58.3 Å². The van der Waals surface area contributed by atoms with Crippen LogP contribution in [0, 0.1) is 0 Å². The highest BCUT2D eigenvalue weighted by molar-refractivity contribution is 6.30. The maximum atomic E-state index is 12.4. The number of halogens is 1. The molecule has 2 aromatic rings. The van der Waals surface area contributed by atoms with Crippen molar-refractivity contribution < 1.29 is 23.9 Å². The predicted molar refractivity (Wildman–Crippen MR) is 117 cm³/mol. The Morgan fingerprint density at radius 3 is 1.61 bits per heavy atom. The van der Waals surface area contributed by atoms with Crippen molar-refractivity contribution in [2.45, 2.75) is 13.3 Å². The zero-order chi connectivity index (χ0) is 22.2. The Hall–Kier alpha value is -3.06. The van der Waals surface area contributed by atoms with Crippen molar-refractivity contribution in [3.8, 4) is 11.5 Å². The van der Waals surface area contributed by atoms with Gasteiger partial charge in [-0.25, -0.2) is 0 Å². The maximum absolute atomic E-state index is 12.4. The van der Waals surface area contributed by atoms with Gasteiger partial charge < -0.3 is 19.3 Å². The largest absolute Gasteiger partial charge is 0.484 e. The molecule has 1 aliphatic heterocycles. The standard InChI is InChI=1S/C23H25ClN2O5/c1-2-21(27)17-3-7-19(8-4-17)30-15-22(28)25-11-13-26(14-12-25)23(29)16-31-20-9-5-18(24)6-10-20/h3-10H,2,11-16H2,1H3. The molecule has 0 aromatic heterocycles. The first-order valence-electron chi connectivity index (χ1n) is 10.2. The Morgan fingerprint density at radius 2 is 1.19 bits per heavy atom. The minimum atomic E-state index is -0.141. The summed E-state index contributed by atoms with van der Waals surface area (Å²) in [6.07, 6.45) is 0.445. The first-order valence-corrected chi connectivity index (χ1v) is 10.5. The molecule has 1 fully saturated rings. The molecule has 0 bridgehead atoms. The highest BCUT2D eigenvalue weighted by Gasteiger charge is 2.24. The van der Waals surface area contributed by atoms with E-state index in [4.69, 9.17) is 21.1 Å². The average Bonchev–Trinajstić information content (AvgIpc) is 2.82. The van der Waals surface area contributed by atoms with Crippen LogP contribution in [0.5, 0.6) is 11.5 Å². The molecule has 164 valence electrons. The summed E-state index contributed by atoms with van der Waals surface area (Å²) < 4.78 is 11.0. The molecule has 0 saturated carbocycles. The zero-order valence-corrected chi connectivity index (χ0v) is 18.1. The van der Waals surface area contributed by atoms with Crippen LogP contribution in [0.4, 0.5) is 0 Å². The van der Waals surface area contributed by atoms with Crippen molar-refractivity contribution in [2.24, 2.45) is 0 Å². The van der Waals surface area contributed by atoms with Crippen LogP contribution in [-0.4, -0.2) is 66.8 Å². The normalized spacial score (nSPS) is 13.6. The molecule has 0 N–H and O–H groups in total. The van der Waals surface area contributed by atoms with E-state index >= 15 is 0 Å². The summed E-state index contributed by atoms with van der Waals surface area (Å²) in [7, 11) is 0. The number of Topliss-reactive ketones (excluding diaryl/α,β-unsaturated/α-hetero) is 1. The maximum Gasteiger partial charge on any atom is 0.260 e. The lowest BCUT2D eigenvalue weighted by molar-refractivity contribution is -0.141. The molecule has 1 heterocycles. The van der Waals surface area contributed by atoms with Crippen LogP contribution >= 0.6 is 11.6 Å². The van der Waals surface area contributed by atoms with Crippen molar-refractivity contribution in [1.82, 2.24) is 9.80 Å². The summed E-state index contributed by atoms with van der Waals surface area (Å²) in [5.41, 5.74) is 0.627. The van der Waals surface area contributed by atoms with E-state index in [1.165, 1.54) is 0 Å². The SMILES string of the molecule is CCC(=O)c1ccc(OCC(=O)N2CCN(C(=O)COc3ccc(Cl)cc3)CC2)cc1. The molecule has 7 nitrogen and oxygen atoms in total. The van der Waals surface area contributed by atoms with Gasteiger partial charge in [0.05, 0.1) is 0 Å². The fraction of sp³-hybridized carbons (Fsp3) is 0.348. The molecule has 0 radical (unpaired) electrons. The summed E-state index contributed by atoms with van der Waals surface area (Å²) in [5.74, 6) is 0.914. The zero-order valence-electron chi connectivity index (χ0n) is 17.4. The van der Waals surface area contributed by atoms with Gasteiger partial charge in [0, 0.05) is 43.2 Å². The molecule has 31 heavy (non-hydrogen) atoms. The first kappa shape index (κ1) is 22.6. The van der Waals surface area contributed by atoms with Gasteiger partial charge in [0.15, 0.2) is 19.0 Å². The first-order chi connectivity index (χ1) is 15.0. The van der Waals surface area contributed by atoms with E-state index in [9.17, 15) is 14.4 Å². The molecule has 0 atom stereocenters. The third-order valence-electron chi connectivity index (χ3n) is 5.02. The van der Waals surface area contributed by atoms with Crippen LogP contribution < -0.4 is 9.47 Å². The van der Waals surface area contributed by atoms with Gasteiger partial charge in [-0.3, -0.25) is 14.4 Å². The van der Waals surface area contributed by atoms with E-state index in [2.05, 4.69) is 0 Å². The van der Waals surface area contributed by atoms with Gasteiger partial charge in [0.25, 0.3) is 11.8 Å². The number of ether oxygens (including phenoxy) is 2. The number of piperazine rings is 1. The van der Waals surface area contributed by atoms with Gasteiger partial charge in [0.1, 0.15) is 11.5 Å². The molecule has 0 spiro atoms. The van der Waals surface area contributed by atoms with Gasteiger partial charge in [-0.15, -0.1) is 0 Å². The molecule has 0 aliphatic carbocycles. The third kappa shape index (κ3) is 6.46. The van der Waals surface area contributed by atoms with Crippen LogP contribution in [0.25, 0.3) is 0 Å². The molecule has 8 heteroatoms. The van der Waals surface area contributed by atoms with Gasteiger partial charge >= 0.3 is 0 Å². The van der Waals surface area contributed by atoms with Crippen LogP contribution in [-0.2, 0) is 9.59 Å². The topological polar surface area (TPSA) is 76.2 Å². The third-order valence-corrected chi connectivity index (χ3v) is 5.27. The lowest BCUT2D eigenvalue weighted by atomic mass is 10.1. The number of benzene rings is 2. The summed E-state index contributed by atoms with van der Waals surface area (Å²) in [4.78, 5) is 39.8. The van der Waals surface area contributed by atoms with Crippen molar-refractivity contribution in [3.63, 3.8) is 0 Å². The van der Waals surface area contributed by atoms with Gasteiger partial charge in [-0.1, -0.05) is 18.5 Å². The summed E-state index contributed by atoms with van der Waals surface area (Å²) in [6, 6.07) is 13.6. The minimum absolute atomic E-state index is 0.0603. The second-order valence-electron chi connectivity index (χ2n) is 7.09. The van der Waals surface area contributed by atoms with Crippen molar-refractivity contribution in [2.75, 3.05) is 39.4 Å². The van der Waals surface area contributed by atoms with E-state index < -0.39 is 0 Å². The molecular weight excluding hydrogens is 420 g/mol. The molecule has 1 saturated heterocycles. The van der Waals surface area contributed by atoms with Gasteiger partial charge in [-0.2, -0.15) is 0 Å². The number of hydrogen-bond donors (Lipinski definition) is 0. The fourth-order valence-electron chi connectivity index (χ4n) is 3.15. The lowest BCUT2D eigenvalue weighted by Crippen LogP contribution is -2.52. The van der Waals surface area contributed by atoms with E-state index in [-0.39, 0.29) is 30.8 Å². The average molecular weight is 445 g/mol. The smallest absolute Gasteiger partial charge is 0.260 e. The van der Waals surface area contributed by atoms with E-state index in [1.807, 2.05) is 6.92 Å². The van der Waals surface area contributed by atoms with Crippen molar-refractivity contribution in [3.05, 3.63) is 59.1 Å². The Kier molecular flexibility index (Phi) is 7.89. The minimum Gasteiger partial charge on any atom is -0.484 e. The highest BCUT2D eigenvalue weighted by atomic mass is 35.5. The Labute approximate surface area is 186 Å². The Balaban J connectivity index is 1.39. The molecular formula is C23H25ClN2O5. The quantitative estimate of drug-likeness (QED) is 0.585. The molecule has 2 amide bonds. The summed E-state index contributed by atoms with van der Waals surface area (Å²) in [5, 5.41) is 0.604. The summed E-state index contributed by atoms with van der Waals surface area (Å²) >= 11 is 5.83. The van der Waals surface area contributed by atoms with E-state index in [0.717, 1.165) is 0 Å². The fourth-order valence-corrected chi connectivity index (χ4v) is 3.28. The van der Waals surface area contributed by atoms with Crippen LogP contribution in [0.2, 0.25) is 5.02 Å². The van der Waals surface area contributed by atoms with Crippen LogP contribution in [0.3, 0.4) is 0 Å². The number of amides is 2. The Bertz CT molecular complexity index is 907. The number of hydrogen-bond acceptors (Lipinski definition) is 5. The number of rotatable bonds is 8. The van der Waals surface area contributed by atoms with Gasteiger partial charge in [-0.05, 0) is 48.5 Å². The second-order valence-corrected chi connectivity index (χ2v) is 7.53. The van der Waals surface area contributed by atoms with E-state index in [0.29, 0.717) is 54.7 Å². The lowest BCUT2D eigenvalue weighted by Gasteiger charge is -2.34. The van der Waals surface area contributed by atoms with Crippen LogP contribution in [0.1, 0.15) is 23.7 Å². The molecule has 2 aromatic carbocycles. The molecule has 3 rings (SSSR count). The second kappa shape index (κ2) is 10.8. The molecule has 1 aliphatic rings. The Morgan fingerprint density at radius 1 is 0.774 bits per heavy atom. The van der Waals surface area contributed by atoms with Crippen molar-refractivity contribution >= 4 is 29.2 Å². The number of ketones is 1. The number of nitrogens with zero attached hydrogens (tertiary/aromatic N) is 2. The molecule has 0 unspecified atom stereocenters. The van der Waals surface area contributed by atoms with Crippen LogP contribution in [0.15, 0.2) is 48.5 Å². The number of carbonyl (C=O) groups is 3. The predicted octanol–water partition coefficient (Wildman–Crippen LogP) is 3.06.